The van der Waals surface area contributed by atoms with E-state index in [1.54, 1.807) is 0 Å². The van der Waals surface area contributed by atoms with Gasteiger partial charge in [0.1, 0.15) is 0 Å². The summed E-state index contributed by atoms with van der Waals surface area (Å²) >= 11 is 0. The largest absolute Gasteiger partial charge is 0.308 e. The molecule has 3 aromatic rings. The van der Waals surface area contributed by atoms with Crippen LogP contribution in [0.2, 0.25) is 0 Å². The van der Waals surface area contributed by atoms with Crippen LogP contribution in [0.3, 0.4) is 0 Å². The van der Waals surface area contributed by atoms with Gasteiger partial charge in [-0.05, 0) is 107 Å². The summed E-state index contributed by atoms with van der Waals surface area (Å²) in [5.74, 6) is 0.388. The number of rotatable bonds is 8. The highest BCUT2D eigenvalue weighted by molar-refractivity contribution is 5.74. The molecule has 0 saturated carbocycles. The van der Waals surface area contributed by atoms with Crippen molar-refractivity contribution in [2.45, 2.75) is 78.0 Å². The van der Waals surface area contributed by atoms with Crippen molar-refractivity contribution in [2.24, 2.45) is 0 Å². The number of nitrogens with zero attached hydrogens (tertiary/aromatic N) is 1. The summed E-state index contributed by atoms with van der Waals surface area (Å²) in [6, 6.07) is 26.2. The lowest BCUT2D eigenvalue weighted by Crippen LogP contribution is -2.35. The molecular weight excluding hydrogens is 510 g/mol. The van der Waals surface area contributed by atoms with Crippen LogP contribution >= 0.6 is 0 Å². The lowest BCUT2D eigenvalue weighted by Gasteiger charge is -2.23. The SMILES string of the molecule is CC(C)(C)NCc1ccccc1C1C=Cc2ccccc21.CN(C)CC1=CCC(c2ccccc2CNC(C)(C)C)=C1. The molecule has 42 heavy (non-hydrogen) atoms. The Hall–Kier alpha value is -3.24. The molecule has 0 aliphatic heterocycles. The number of likely N-dealkylation sites (N-methyl/N-ethyl adjacent to an activating group) is 1. The first-order valence-corrected chi connectivity index (χ1v) is 15.4. The number of hydrogen-bond donors (Lipinski definition) is 2. The first-order valence-electron chi connectivity index (χ1n) is 15.4. The van der Waals surface area contributed by atoms with Gasteiger partial charge < -0.3 is 15.5 Å². The second-order valence-corrected chi connectivity index (χ2v) is 13.9. The number of fused-ring (bicyclic) bond motifs is 1. The highest BCUT2D eigenvalue weighted by atomic mass is 15.0. The minimum atomic E-state index is 0.135. The van der Waals surface area contributed by atoms with Crippen LogP contribution in [0.1, 0.15) is 87.3 Å². The maximum absolute atomic E-state index is 3.60. The fraction of sp³-hybridized carbons (Fsp3) is 0.385. The van der Waals surface area contributed by atoms with Gasteiger partial charge in [0.25, 0.3) is 0 Å². The Morgan fingerprint density at radius 1 is 0.714 bits per heavy atom. The molecule has 222 valence electrons. The van der Waals surface area contributed by atoms with Crippen LogP contribution in [0.25, 0.3) is 11.6 Å². The monoisotopic (exact) mass is 561 g/mol. The first kappa shape index (κ1) is 31.7. The molecule has 2 aliphatic carbocycles. The molecule has 0 spiro atoms. The van der Waals surface area contributed by atoms with Crippen LogP contribution < -0.4 is 10.6 Å². The predicted octanol–water partition coefficient (Wildman–Crippen LogP) is 8.58. The van der Waals surface area contributed by atoms with Crippen LogP contribution in [0.15, 0.2) is 96.6 Å². The average Bonchev–Trinajstić information content (AvgIpc) is 3.57. The fourth-order valence-corrected chi connectivity index (χ4v) is 5.47. The highest BCUT2D eigenvalue weighted by Crippen LogP contribution is 2.36. The van der Waals surface area contributed by atoms with Crippen LogP contribution in [-0.2, 0) is 13.1 Å². The lowest BCUT2D eigenvalue weighted by molar-refractivity contribution is 0.423. The molecule has 0 radical (unpaired) electrons. The maximum Gasteiger partial charge on any atom is 0.0281 e. The molecule has 0 aromatic heterocycles. The van der Waals surface area contributed by atoms with Crippen molar-refractivity contribution in [3.05, 3.63) is 130 Å². The fourth-order valence-electron chi connectivity index (χ4n) is 5.47. The molecule has 0 fully saturated rings. The molecule has 1 atom stereocenters. The van der Waals surface area contributed by atoms with Gasteiger partial charge in [-0.3, -0.25) is 0 Å². The summed E-state index contributed by atoms with van der Waals surface area (Å²) in [5.41, 5.74) is 11.5. The first-order chi connectivity index (χ1) is 19.9. The van der Waals surface area contributed by atoms with Gasteiger partial charge in [-0.25, -0.2) is 0 Å². The summed E-state index contributed by atoms with van der Waals surface area (Å²) in [4.78, 5) is 2.22. The van der Waals surface area contributed by atoms with Gasteiger partial charge in [0, 0.05) is 36.6 Å². The van der Waals surface area contributed by atoms with E-state index in [-0.39, 0.29) is 11.1 Å². The Balaban J connectivity index is 0.000000193. The quantitative estimate of drug-likeness (QED) is 0.288. The summed E-state index contributed by atoms with van der Waals surface area (Å²) in [6.07, 6.45) is 10.3. The van der Waals surface area contributed by atoms with E-state index in [1.165, 1.54) is 44.5 Å². The van der Waals surface area contributed by atoms with Crippen molar-refractivity contribution < 1.29 is 0 Å². The Kier molecular flexibility index (Phi) is 10.4. The summed E-state index contributed by atoms with van der Waals surface area (Å²) in [6.45, 7) is 16.1. The standard InChI is InChI=1S/C20H23N.C19H28N2/c1-20(2,3)21-14-16-9-5-7-11-18(16)19-13-12-15-8-4-6-10-17(15)19;1-19(2,3)20-13-17-8-6-7-9-18(17)16-11-10-15(12-16)14-21(4)5/h4-13,19,21H,14H2,1-3H3;6-10,12,20H,11,13-14H2,1-5H3. The van der Waals surface area contributed by atoms with Crippen molar-refractivity contribution >= 4 is 11.6 Å². The van der Waals surface area contributed by atoms with Gasteiger partial charge in [-0.15, -0.1) is 0 Å². The second-order valence-electron chi connectivity index (χ2n) is 13.9. The van der Waals surface area contributed by atoms with E-state index >= 15 is 0 Å². The van der Waals surface area contributed by atoms with Gasteiger partial charge in [-0.2, -0.15) is 0 Å². The zero-order valence-corrected chi connectivity index (χ0v) is 27.1. The van der Waals surface area contributed by atoms with Crippen molar-refractivity contribution in [3.63, 3.8) is 0 Å². The van der Waals surface area contributed by atoms with Crippen molar-refractivity contribution in [1.82, 2.24) is 15.5 Å². The Labute approximate surface area is 255 Å². The zero-order valence-electron chi connectivity index (χ0n) is 27.1. The second kappa shape index (κ2) is 13.8. The van der Waals surface area contributed by atoms with Gasteiger partial charge in [0.2, 0.25) is 0 Å². The molecule has 1 unspecified atom stereocenters. The van der Waals surface area contributed by atoms with Crippen LogP contribution in [0, 0.1) is 0 Å². The molecule has 0 bridgehead atoms. The molecule has 3 nitrogen and oxygen atoms in total. The Morgan fingerprint density at radius 3 is 1.95 bits per heavy atom. The Morgan fingerprint density at radius 2 is 1.29 bits per heavy atom. The smallest absolute Gasteiger partial charge is 0.0281 e. The van der Waals surface area contributed by atoms with E-state index in [2.05, 4.69) is 168 Å². The van der Waals surface area contributed by atoms with E-state index in [4.69, 9.17) is 0 Å². The van der Waals surface area contributed by atoms with E-state index < -0.39 is 0 Å². The van der Waals surface area contributed by atoms with E-state index in [0.29, 0.717) is 5.92 Å². The van der Waals surface area contributed by atoms with E-state index in [9.17, 15) is 0 Å². The molecule has 5 rings (SSSR count). The summed E-state index contributed by atoms with van der Waals surface area (Å²) in [5, 5.41) is 7.19. The molecule has 2 aliphatic rings. The van der Waals surface area contributed by atoms with E-state index in [1.807, 2.05) is 0 Å². The number of nitrogens with one attached hydrogen (secondary N) is 2. The molecule has 0 heterocycles. The van der Waals surface area contributed by atoms with Gasteiger partial charge in [0.05, 0.1) is 0 Å². The van der Waals surface area contributed by atoms with Gasteiger partial charge >= 0.3 is 0 Å². The number of hydrogen-bond acceptors (Lipinski definition) is 3. The van der Waals surface area contributed by atoms with Gasteiger partial charge in [-0.1, -0.05) is 97.1 Å². The molecule has 0 saturated heterocycles. The normalized spacial score (nSPS) is 16.2. The van der Waals surface area contributed by atoms with Crippen molar-refractivity contribution in [3.8, 4) is 0 Å². The van der Waals surface area contributed by atoms with Crippen LogP contribution in [-0.4, -0.2) is 36.6 Å². The highest BCUT2D eigenvalue weighted by Gasteiger charge is 2.21. The average molecular weight is 562 g/mol. The maximum atomic E-state index is 3.60. The predicted molar refractivity (Wildman–Crippen MR) is 183 cm³/mol. The third-order valence-corrected chi connectivity index (χ3v) is 7.61. The van der Waals surface area contributed by atoms with Crippen LogP contribution in [0.4, 0.5) is 0 Å². The third-order valence-electron chi connectivity index (χ3n) is 7.61. The molecule has 3 heteroatoms. The van der Waals surface area contributed by atoms with Gasteiger partial charge in [0.15, 0.2) is 0 Å². The molecule has 2 N–H and O–H groups in total. The molecule has 0 amide bonds. The minimum Gasteiger partial charge on any atom is -0.308 e. The molecule has 3 aromatic carbocycles. The summed E-state index contributed by atoms with van der Waals surface area (Å²) < 4.78 is 0. The summed E-state index contributed by atoms with van der Waals surface area (Å²) in [7, 11) is 4.24. The zero-order chi connectivity index (χ0) is 30.3. The minimum absolute atomic E-state index is 0.135. The topological polar surface area (TPSA) is 27.3 Å². The molecular formula is C39H51N3. The van der Waals surface area contributed by atoms with Crippen molar-refractivity contribution in [1.29, 1.82) is 0 Å². The lowest BCUT2D eigenvalue weighted by atomic mass is 9.89. The Bertz CT molecular complexity index is 1430. The van der Waals surface area contributed by atoms with Crippen molar-refractivity contribution in [2.75, 3.05) is 20.6 Å². The number of allylic oxidation sites excluding steroid dienone is 3. The third kappa shape index (κ3) is 9.13. The van der Waals surface area contributed by atoms with Crippen LogP contribution in [0.5, 0.6) is 0 Å². The van der Waals surface area contributed by atoms with E-state index in [0.717, 1.165) is 26.1 Å². The number of benzene rings is 3.